The predicted molar refractivity (Wildman–Crippen MR) is 96.2 cm³/mol. The van der Waals surface area contributed by atoms with Crippen molar-refractivity contribution in [3.05, 3.63) is 83.6 Å². The summed E-state index contributed by atoms with van der Waals surface area (Å²) in [6.07, 6.45) is 1.53. The summed E-state index contributed by atoms with van der Waals surface area (Å²) < 4.78 is 19.0. The number of carbonyl (C=O) groups is 1. The van der Waals surface area contributed by atoms with Gasteiger partial charge in [-0.25, -0.2) is 9.18 Å². The molecule has 2 aromatic carbocycles. The van der Waals surface area contributed by atoms with Crippen molar-refractivity contribution >= 4 is 11.7 Å². The minimum atomic E-state index is -0.423. The molecule has 0 bridgehead atoms. The molecule has 134 valence electrons. The zero-order valence-electron chi connectivity index (χ0n) is 14.3. The molecule has 0 atom stereocenters. The second-order valence-electron chi connectivity index (χ2n) is 5.96. The summed E-state index contributed by atoms with van der Waals surface area (Å²) in [4.78, 5) is 14.2. The highest BCUT2D eigenvalue weighted by Crippen LogP contribution is 2.21. The molecule has 5 nitrogen and oxygen atoms in total. The van der Waals surface area contributed by atoms with Crippen molar-refractivity contribution in [1.29, 1.82) is 0 Å². The number of halogens is 1. The normalized spacial score (nSPS) is 10.5. The van der Waals surface area contributed by atoms with Gasteiger partial charge in [-0.3, -0.25) is 0 Å². The number of hydrogen-bond acceptors (Lipinski definition) is 3. The number of furan rings is 1. The van der Waals surface area contributed by atoms with Crippen molar-refractivity contribution in [2.24, 2.45) is 0 Å². The van der Waals surface area contributed by atoms with Gasteiger partial charge in [0.15, 0.2) is 0 Å². The van der Waals surface area contributed by atoms with E-state index in [0.29, 0.717) is 22.6 Å². The first-order valence-corrected chi connectivity index (χ1v) is 8.14. The first-order chi connectivity index (χ1) is 12.5. The van der Waals surface area contributed by atoms with Crippen molar-refractivity contribution in [2.75, 3.05) is 5.32 Å². The van der Waals surface area contributed by atoms with Gasteiger partial charge in [-0.1, -0.05) is 24.3 Å². The number of benzene rings is 2. The van der Waals surface area contributed by atoms with Crippen molar-refractivity contribution in [1.82, 2.24) is 4.90 Å². The molecule has 0 saturated carbocycles. The minimum Gasteiger partial charge on any atom is -0.508 e. The average molecular weight is 354 g/mol. The van der Waals surface area contributed by atoms with E-state index in [-0.39, 0.29) is 24.7 Å². The second-order valence-corrected chi connectivity index (χ2v) is 5.96. The molecule has 2 N–H and O–H groups in total. The zero-order valence-corrected chi connectivity index (χ0v) is 14.3. The largest absolute Gasteiger partial charge is 0.508 e. The Balaban J connectivity index is 1.80. The Morgan fingerprint density at radius 3 is 2.65 bits per heavy atom. The van der Waals surface area contributed by atoms with Crippen LogP contribution < -0.4 is 5.32 Å². The van der Waals surface area contributed by atoms with Crippen LogP contribution in [0.2, 0.25) is 0 Å². The molecule has 0 aliphatic carbocycles. The lowest BCUT2D eigenvalue weighted by Crippen LogP contribution is -2.34. The van der Waals surface area contributed by atoms with E-state index in [1.165, 1.54) is 17.2 Å². The Labute approximate surface area is 150 Å². The average Bonchev–Trinajstić information content (AvgIpc) is 3.12. The van der Waals surface area contributed by atoms with Crippen LogP contribution in [-0.2, 0) is 13.1 Å². The number of nitrogens with zero attached hydrogens (tertiary/aromatic N) is 1. The van der Waals surface area contributed by atoms with Gasteiger partial charge in [0, 0.05) is 11.3 Å². The Morgan fingerprint density at radius 1 is 1.15 bits per heavy atom. The van der Waals surface area contributed by atoms with E-state index in [2.05, 4.69) is 5.32 Å². The van der Waals surface area contributed by atoms with Gasteiger partial charge < -0.3 is 19.7 Å². The number of nitrogens with one attached hydrogen (secondary N) is 1. The van der Waals surface area contributed by atoms with E-state index < -0.39 is 6.03 Å². The number of phenols is 1. The Kier molecular flexibility index (Phi) is 5.22. The van der Waals surface area contributed by atoms with Gasteiger partial charge in [0.25, 0.3) is 0 Å². The van der Waals surface area contributed by atoms with Crippen LogP contribution in [0.4, 0.5) is 14.9 Å². The second kappa shape index (κ2) is 7.74. The lowest BCUT2D eigenvalue weighted by Gasteiger charge is -2.23. The van der Waals surface area contributed by atoms with Crippen molar-refractivity contribution in [2.45, 2.75) is 20.0 Å². The summed E-state index contributed by atoms with van der Waals surface area (Å²) in [6, 6.07) is 14.4. The molecule has 1 heterocycles. The van der Waals surface area contributed by atoms with Gasteiger partial charge in [-0.15, -0.1) is 0 Å². The smallest absolute Gasteiger partial charge is 0.322 e. The van der Waals surface area contributed by atoms with Gasteiger partial charge in [0.2, 0.25) is 0 Å². The maximum absolute atomic E-state index is 13.7. The SMILES string of the molecule is Cc1ccc(NC(=O)N(Cc2ccco2)Cc2ccccc2O)cc1F. The van der Waals surface area contributed by atoms with Gasteiger partial charge in [-0.2, -0.15) is 0 Å². The number of hydrogen-bond donors (Lipinski definition) is 2. The van der Waals surface area contributed by atoms with Gasteiger partial charge in [0.1, 0.15) is 17.3 Å². The van der Waals surface area contributed by atoms with E-state index in [4.69, 9.17) is 4.42 Å². The minimum absolute atomic E-state index is 0.103. The fourth-order valence-electron chi connectivity index (χ4n) is 2.51. The van der Waals surface area contributed by atoms with Crippen LogP contribution in [-0.4, -0.2) is 16.0 Å². The van der Waals surface area contributed by atoms with Crippen LogP contribution in [0, 0.1) is 12.7 Å². The molecule has 2 amide bonds. The fraction of sp³-hybridized carbons (Fsp3) is 0.150. The first kappa shape index (κ1) is 17.5. The molecule has 0 radical (unpaired) electrons. The van der Waals surface area contributed by atoms with Crippen molar-refractivity contribution < 1.29 is 18.7 Å². The fourth-order valence-corrected chi connectivity index (χ4v) is 2.51. The molecule has 26 heavy (non-hydrogen) atoms. The number of amides is 2. The summed E-state index contributed by atoms with van der Waals surface area (Å²) >= 11 is 0. The summed E-state index contributed by atoms with van der Waals surface area (Å²) in [5.74, 6) is 0.317. The van der Waals surface area contributed by atoms with E-state index >= 15 is 0 Å². The van der Waals surface area contributed by atoms with E-state index in [1.807, 2.05) is 0 Å². The lowest BCUT2D eigenvalue weighted by atomic mass is 10.2. The third-order valence-corrected chi connectivity index (χ3v) is 3.99. The lowest BCUT2D eigenvalue weighted by molar-refractivity contribution is 0.200. The van der Waals surface area contributed by atoms with Crippen LogP contribution in [0.15, 0.2) is 65.3 Å². The molecule has 0 aliphatic heterocycles. The van der Waals surface area contributed by atoms with Crippen molar-refractivity contribution in [3.63, 3.8) is 0 Å². The molecule has 0 unspecified atom stereocenters. The Hall–Kier alpha value is -3.28. The molecular formula is C20H19FN2O3. The quantitative estimate of drug-likeness (QED) is 0.700. The summed E-state index contributed by atoms with van der Waals surface area (Å²) in [5.41, 5.74) is 1.47. The van der Waals surface area contributed by atoms with Crippen LogP contribution in [0.3, 0.4) is 0 Å². The number of phenolic OH excluding ortho intramolecular Hbond substituents is 1. The number of urea groups is 1. The van der Waals surface area contributed by atoms with Gasteiger partial charge >= 0.3 is 6.03 Å². The van der Waals surface area contributed by atoms with Crippen LogP contribution in [0.5, 0.6) is 5.75 Å². The topological polar surface area (TPSA) is 65.7 Å². The summed E-state index contributed by atoms with van der Waals surface area (Å²) in [5, 5.41) is 12.7. The number of rotatable bonds is 5. The monoisotopic (exact) mass is 354 g/mol. The number of anilines is 1. The highest BCUT2D eigenvalue weighted by Gasteiger charge is 2.18. The van der Waals surface area contributed by atoms with Crippen LogP contribution in [0.1, 0.15) is 16.9 Å². The zero-order chi connectivity index (χ0) is 18.5. The number of aryl methyl sites for hydroxylation is 1. The van der Waals surface area contributed by atoms with Crippen LogP contribution in [0.25, 0.3) is 0 Å². The maximum atomic E-state index is 13.7. The number of para-hydroxylation sites is 1. The first-order valence-electron chi connectivity index (χ1n) is 8.14. The third kappa shape index (κ3) is 4.22. The molecule has 0 saturated heterocycles. The molecule has 3 rings (SSSR count). The molecule has 1 aromatic heterocycles. The van der Waals surface area contributed by atoms with Crippen molar-refractivity contribution in [3.8, 4) is 5.75 Å². The van der Waals surface area contributed by atoms with E-state index in [1.54, 1.807) is 55.5 Å². The highest BCUT2D eigenvalue weighted by atomic mass is 19.1. The summed E-state index contributed by atoms with van der Waals surface area (Å²) in [6.45, 7) is 2.04. The molecule has 0 aliphatic rings. The van der Waals surface area contributed by atoms with Gasteiger partial charge in [0.05, 0.1) is 19.4 Å². The number of carbonyl (C=O) groups excluding carboxylic acids is 1. The van der Waals surface area contributed by atoms with Crippen LogP contribution >= 0.6 is 0 Å². The Bertz CT molecular complexity index is 894. The third-order valence-electron chi connectivity index (χ3n) is 3.99. The molecule has 0 spiro atoms. The molecular weight excluding hydrogens is 335 g/mol. The highest BCUT2D eigenvalue weighted by molar-refractivity contribution is 5.89. The summed E-state index contributed by atoms with van der Waals surface area (Å²) in [7, 11) is 0. The molecule has 0 fully saturated rings. The Morgan fingerprint density at radius 2 is 1.96 bits per heavy atom. The van der Waals surface area contributed by atoms with E-state index in [0.717, 1.165) is 0 Å². The molecule has 6 heteroatoms. The standard InChI is InChI=1S/C20H19FN2O3/c1-14-8-9-16(11-18(14)21)22-20(25)23(13-17-6-4-10-26-17)12-15-5-2-3-7-19(15)24/h2-11,24H,12-13H2,1H3,(H,22,25). The maximum Gasteiger partial charge on any atom is 0.322 e. The molecule has 3 aromatic rings. The predicted octanol–water partition coefficient (Wildman–Crippen LogP) is 4.67. The van der Waals surface area contributed by atoms with Gasteiger partial charge in [-0.05, 0) is 42.8 Å². The van der Waals surface area contributed by atoms with E-state index in [9.17, 15) is 14.3 Å². The number of aromatic hydroxyl groups is 1.